The lowest BCUT2D eigenvalue weighted by Crippen LogP contribution is -2.14. The average Bonchev–Trinajstić information content (AvgIpc) is 3.20. The van der Waals surface area contributed by atoms with Gasteiger partial charge in [-0.25, -0.2) is 0 Å². The maximum atomic E-state index is 4.20. The molecule has 1 fully saturated rings. The van der Waals surface area contributed by atoms with Gasteiger partial charge in [0.25, 0.3) is 0 Å². The first-order valence-corrected chi connectivity index (χ1v) is 6.29. The number of rotatable bonds is 4. The number of fused-ring (bicyclic) bond motifs is 1. The second-order valence-corrected chi connectivity index (χ2v) is 4.98. The molecule has 1 atom stereocenters. The number of hydrogen-bond donors (Lipinski definition) is 1. The van der Waals surface area contributed by atoms with Crippen LogP contribution in [0.5, 0.6) is 0 Å². The van der Waals surface area contributed by atoms with E-state index in [1.165, 1.54) is 12.8 Å². The molecule has 1 unspecified atom stereocenters. The molecule has 0 aliphatic heterocycles. The van der Waals surface area contributed by atoms with Gasteiger partial charge in [-0.2, -0.15) is 5.10 Å². The van der Waals surface area contributed by atoms with Gasteiger partial charge >= 0.3 is 0 Å². The molecule has 88 valence electrons. The summed E-state index contributed by atoms with van der Waals surface area (Å²) in [5, 5.41) is 14.0. The summed E-state index contributed by atoms with van der Waals surface area (Å²) in [7, 11) is 0. The van der Waals surface area contributed by atoms with Crippen LogP contribution >= 0.6 is 0 Å². The summed E-state index contributed by atoms with van der Waals surface area (Å²) in [6.45, 7) is 3.30. The maximum Gasteiger partial charge on any atom is 0.156 e. The van der Waals surface area contributed by atoms with Crippen LogP contribution in [0, 0.1) is 11.8 Å². The van der Waals surface area contributed by atoms with E-state index in [1.807, 2.05) is 18.3 Å². The van der Waals surface area contributed by atoms with E-state index in [0.29, 0.717) is 0 Å². The minimum absolute atomic E-state index is 0.732. The van der Waals surface area contributed by atoms with Gasteiger partial charge in [0, 0.05) is 17.3 Å². The van der Waals surface area contributed by atoms with Gasteiger partial charge in [-0.15, -0.1) is 5.10 Å². The van der Waals surface area contributed by atoms with E-state index >= 15 is 0 Å². The van der Waals surface area contributed by atoms with Gasteiger partial charge in [0.05, 0.1) is 6.20 Å². The van der Waals surface area contributed by atoms with Crippen LogP contribution in [-0.4, -0.2) is 16.7 Å². The summed E-state index contributed by atoms with van der Waals surface area (Å²) < 4.78 is 0. The molecule has 3 nitrogen and oxygen atoms in total. The van der Waals surface area contributed by atoms with Gasteiger partial charge in [-0.05, 0) is 24.7 Å². The van der Waals surface area contributed by atoms with Crippen LogP contribution in [0.25, 0.3) is 10.8 Å². The van der Waals surface area contributed by atoms with Crippen molar-refractivity contribution < 1.29 is 0 Å². The fraction of sp³-hybridized carbons (Fsp3) is 0.429. The summed E-state index contributed by atoms with van der Waals surface area (Å²) in [5.74, 6) is 2.57. The normalized spacial score (nSPS) is 17.0. The van der Waals surface area contributed by atoms with E-state index in [9.17, 15) is 0 Å². The Morgan fingerprint density at radius 3 is 3.00 bits per heavy atom. The number of hydrogen-bond acceptors (Lipinski definition) is 3. The van der Waals surface area contributed by atoms with Crippen molar-refractivity contribution in [2.45, 2.75) is 19.8 Å². The zero-order valence-electron chi connectivity index (χ0n) is 10.1. The largest absolute Gasteiger partial charge is 0.368 e. The lowest BCUT2D eigenvalue weighted by molar-refractivity contribution is 0.536. The smallest absolute Gasteiger partial charge is 0.156 e. The highest BCUT2D eigenvalue weighted by atomic mass is 15.2. The third kappa shape index (κ3) is 2.23. The summed E-state index contributed by atoms with van der Waals surface area (Å²) in [5.41, 5.74) is 0. The lowest BCUT2D eigenvalue weighted by Gasteiger charge is -2.12. The van der Waals surface area contributed by atoms with Crippen molar-refractivity contribution in [3.05, 3.63) is 30.5 Å². The monoisotopic (exact) mass is 227 g/mol. The first-order valence-electron chi connectivity index (χ1n) is 6.29. The number of nitrogens with one attached hydrogen (secondary N) is 1. The highest BCUT2D eigenvalue weighted by Crippen LogP contribution is 2.36. The predicted octanol–water partition coefficient (Wildman–Crippen LogP) is 3.09. The average molecular weight is 227 g/mol. The Labute approximate surface area is 101 Å². The molecule has 0 saturated heterocycles. The quantitative estimate of drug-likeness (QED) is 0.872. The highest BCUT2D eigenvalue weighted by Gasteiger charge is 2.27. The molecule has 0 bridgehead atoms. The van der Waals surface area contributed by atoms with Crippen LogP contribution in [-0.2, 0) is 0 Å². The summed E-state index contributed by atoms with van der Waals surface area (Å²) in [4.78, 5) is 0. The third-order valence-electron chi connectivity index (χ3n) is 3.59. The van der Waals surface area contributed by atoms with Crippen molar-refractivity contribution in [3.63, 3.8) is 0 Å². The molecule has 0 amide bonds. The molecule has 1 N–H and O–H groups in total. The Morgan fingerprint density at radius 1 is 1.35 bits per heavy atom. The van der Waals surface area contributed by atoms with Crippen molar-refractivity contribution in [2.75, 3.05) is 11.9 Å². The van der Waals surface area contributed by atoms with Crippen LogP contribution in [0.4, 0.5) is 5.82 Å². The molecule has 3 heteroatoms. The number of aromatic nitrogens is 2. The van der Waals surface area contributed by atoms with Gasteiger partial charge in [-0.3, -0.25) is 0 Å². The first kappa shape index (κ1) is 10.5. The molecule has 1 aliphatic rings. The Bertz CT molecular complexity index is 514. The molecule has 1 saturated carbocycles. The zero-order chi connectivity index (χ0) is 11.7. The Balaban J connectivity index is 1.79. The number of benzene rings is 1. The molecular weight excluding hydrogens is 210 g/mol. The first-order chi connectivity index (χ1) is 8.34. The van der Waals surface area contributed by atoms with Crippen LogP contribution < -0.4 is 5.32 Å². The minimum Gasteiger partial charge on any atom is -0.368 e. The zero-order valence-corrected chi connectivity index (χ0v) is 10.1. The molecule has 3 rings (SSSR count). The number of nitrogens with zero attached hydrogens (tertiary/aromatic N) is 2. The Morgan fingerprint density at radius 2 is 2.18 bits per heavy atom. The van der Waals surface area contributed by atoms with Crippen molar-refractivity contribution in [3.8, 4) is 0 Å². The maximum absolute atomic E-state index is 4.20. The van der Waals surface area contributed by atoms with Gasteiger partial charge < -0.3 is 5.32 Å². The van der Waals surface area contributed by atoms with Crippen molar-refractivity contribution in [1.29, 1.82) is 0 Å². The standard InChI is InChI=1S/C14H17N3/c1-10(11-6-7-11)8-15-14-13-5-3-2-4-12(13)9-16-17-14/h2-5,9-11H,6-8H2,1H3,(H,15,17). The van der Waals surface area contributed by atoms with Gasteiger partial charge in [-0.1, -0.05) is 31.2 Å². The Hall–Kier alpha value is -1.64. The van der Waals surface area contributed by atoms with E-state index < -0.39 is 0 Å². The molecule has 2 aromatic rings. The predicted molar refractivity (Wildman–Crippen MR) is 69.9 cm³/mol. The topological polar surface area (TPSA) is 37.8 Å². The summed E-state index contributed by atoms with van der Waals surface area (Å²) >= 11 is 0. The van der Waals surface area contributed by atoms with Gasteiger partial charge in [0.2, 0.25) is 0 Å². The summed E-state index contributed by atoms with van der Waals surface area (Å²) in [6, 6.07) is 8.23. The fourth-order valence-corrected chi connectivity index (χ4v) is 2.25. The van der Waals surface area contributed by atoms with E-state index in [1.54, 1.807) is 0 Å². The summed E-state index contributed by atoms with van der Waals surface area (Å²) in [6.07, 6.45) is 4.60. The van der Waals surface area contributed by atoms with E-state index in [2.05, 4.69) is 34.6 Å². The Kier molecular flexibility index (Phi) is 2.67. The van der Waals surface area contributed by atoms with Crippen molar-refractivity contribution in [2.24, 2.45) is 11.8 Å². The van der Waals surface area contributed by atoms with Crippen LogP contribution in [0.1, 0.15) is 19.8 Å². The SMILES string of the molecule is CC(CNc1nncc2ccccc12)C1CC1. The van der Waals surface area contributed by atoms with Gasteiger partial charge in [0.15, 0.2) is 5.82 Å². The highest BCUT2D eigenvalue weighted by molar-refractivity contribution is 5.90. The van der Waals surface area contributed by atoms with Crippen molar-refractivity contribution in [1.82, 2.24) is 10.2 Å². The van der Waals surface area contributed by atoms with Crippen molar-refractivity contribution >= 4 is 16.6 Å². The van der Waals surface area contributed by atoms with Crippen LogP contribution in [0.3, 0.4) is 0 Å². The molecule has 1 heterocycles. The molecule has 17 heavy (non-hydrogen) atoms. The van der Waals surface area contributed by atoms with E-state index in [-0.39, 0.29) is 0 Å². The minimum atomic E-state index is 0.732. The third-order valence-corrected chi connectivity index (χ3v) is 3.59. The fourth-order valence-electron chi connectivity index (χ4n) is 2.25. The van der Waals surface area contributed by atoms with Crippen LogP contribution in [0.15, 0.2) is 30.5 Å². The molecule has 0 spiro atoms. The number of anilines is 1. The second kappa shape index (κ2) is 4.32. The second-order valence-electron chi connectivity index (χ2n) is 4.98. The molecular formula is C14H17N3. The molecule has 0 radical (unpaired) electrons. The van der Waals surface area contributed by atoms with E-state index in [4.69, 9.17) is 0 Å². The van der Waals surface area contributed by atoms with Crippen LogP contribution in [0.2, 0.25) is 0 Å². The molecule has 1 aliphatic carbocycles. The molecule has 1 aromatic heterocycles. The van der Waals surface area contributed by atoms with Gasteiger partial charge in [0.1, 0.15) is 0 Å². The van der Waals surface area contributed by atoms with E-state index in [0.717, 1.165) is 35.0 Å². The lowest BCUT2D eigenvalue weighted by atomic mass is 10.1. The molecule has 1 aromatic carbocycles.